The highest BCUT2D eigenvalue weighted by Crippen LogP contribution is 2.36. The van der Waals surface area contributed by atoms with Gasteiger partial charge in [-0.25, -0.2) is 0 Å². The predicted molar refractivity (Wildman–Crippen MR) is 105 cm³/mol. The van der Waals surface area contributed by atoms with Crippen molar-refractivity contribution in [3.63, 3.8) is 0 Å². The van der Waals surface area contributed by atoms with Crippen molar-refractivity contribution >= 4 is 0 Å². The zero-order chi connectivity index (χ0) is 18.5. The summed E-state index contributed by atoms with van der Waals surface area (Å²) >= 11 is 0. The third kappa shape index (κ3) is 6.99. The minimum atomic E-state index is -0.461. The van der Waals surface area contributed by atoms with Crippen LogP contribution in [-0.2, 0) is 5.41 Å². The first-order valence-corrected chi connectivity index (χ1v) is 9.80. The van der Waals surface area contributed by atoms with Crippen molar-refractivity contribution in [2.24, 2.45) is 5.41 Å². The Balaban J connectivity index is 1.79. The SMILES string of the molecule is CC(C)(C)CC(C)(C)c1ccc(OC[C@H](O)CNC2CCCC2)cc1. The molecule has 0 unspecified atom stereocenters. The van der Waals surface area contributed by atoms with Crippen LogP contribution < -0.4 is 10.1 Å². The molecule has 2 rings (SSSR count). The van der Waals surface area contributed by atoms with Crippen LogP contribution in [0.3, 0.4) is 0 Å². The molecular formula is C22H37NO2. The lowest BCUT2D eigenvalue weighted by molar-refractivity contribution is 0.104. The van der Waals surface area contributed by atoms with Gasteiger partial charge in [-0.3, -0.25) is 0 Å². The summed E-state index contributed by atoms with van der Waals surface area (Å²) in [5.41, 5.74) is 1.77. The van der Waals surface area contributed by atoms with Crippen molar-refractivity contribution in [2.45, 2.75) is 84.3 Å². The molecule has 0 amide bonds. The highest BCUT2D eigenvalue weighted by atomic mass is 16.5. The first-order valence-electron chi connectivity index (χ1n) is 9.80. The van der Waals surface area contributed by atoms with E-state index in [1.54, 1.807) is 0 Å². The van der Waals surface area contributed by atoms with Gasteiger partial charge in [-0.1, -0.05) is 59.6 Å². The van der Waals surface area contributed by atoms with Gasteiger partial charge < -0.3 is 15.2 Å². The Labute approximate surface area is 154 Å². The summed E-state index contributed by atoms with van der Waals surface area (Å²) in [7, 11) is 0. The lowest BCUT2D eigenvalue weighted by atomic mass is 9.72. The maximum Gasteiger partial charge on any atom is 0.119 e. The predicted octanol–water partition coefficient (Wildman–Crippen LogP) is 4.67. The Morgan fingerprint density at radius 1 is 1.08 bits per heavy atom. The fourth-order valence-electron chi connectivity index (χ4n) is 4.11. The molecule has 0 radical (unpaired) electrons. The summed E-state index contributed by atoms with van der Waals surface area (Å²) in [6.45, 7) is 12.4. The van der Waals surface area contributed by atoms with Crippen LogP contribution in [0.15, 0.2) is 24.3 Å². The third-order valence-electron chi connectivity index (χ3n) is 5.05. The van der Waals surface area contributed by atoms with Crippen LogP contribution in [0, 0.1) is 5.41 Å². The number of aliphatic hydroxyl groups is 1. The fraction of sp³-hybridized carbons (Fsp3) is 0.727. The zero-order valence-corrected chi connectivity index (χ0v) is 16.8. The second kappa shape index (κ2) is 8.55. The molecule has 25 heavy (non-hydrogen) atoms. The number of aliphatic hydroxyl groups excluding tert-OH is 1. The van der Waals surface area contributed by atoms with E-state index in [0.29, 0.717) is 24.6 Å². The van der Waals surface area contributed by atoms with Gasteiger partial charge in [0.1, 0.15) is 18.5 Å². The quantitative estimate of drug-likeness (QED) is 0.718. The lowest BCUT2D eigenvalue weighted by Crippen LogP contribution is -2.36. The van der Waals surface area contributed by atoms with E-state index in [1.165, 1.54) is 31.2 Å². The fourth-order valence-corrected chi connectivity index (χ4v) is 4.11. The van der Waals surface area contributed by atoms with E-state index in [0.717, 1.165) is 12.2 Å². The largest absolute Gasteiger partial charge is 0.491 e. The van der Waals surface area contributed by atoms with Gasteiger partial charge in [-0.2, -0.15) is 0 Å². The zero-order valence-electron chi connectivity index (χ0n) is 16.8. The van der Waals surface area contributed by atoms with Crippen LogP contribution in [0.1, 0.15) is 72.3 Å². The molecule has 3 heteroatoms. The number of rotatable bonds is 8. The molecule has 1 atom stereocenters. The van der Waals surface area contributed by atoms with Crippen LogP contribution in [0.4, 0.5) is 0 Å². The normalized spacial score (nSPS) is 17.7. The molecule has 1 saturated carbocycles. The van der Waals surface area contributed by atoms with Crippen molar-refractivity contribution in [1.82, 2.24) is 5.32 Å². The molecule has 0 spiro atoms. The summed E-state index contributed by atoms with van der Waals surface area (Å²) in [6, 6.07) is 8.95. The van der Waals surface area contributed by atoms with Crippen LogP contribution in [0.25, 0.3) is 0 Å². The molecule has 0 bridgehead atoms. The van der Waals surface area contributed by atoms with Crippen LogP contribution >= 0.6 is 0 Å². The molecule has 3 nitrogen and oxygen atoms in total. The standard InChI is InChI=1S/C22H37NO2/c1-21(2,3)16-22(4,5)17-10-12-20(13-11-17)25-15-19(24)14-23-18-8-6-7-9-18/h10-13,18-19,23-24H,6-9,14-16H2,1-5H3/t19-/m1/s1. The summed E-state index contributed by atoms with van der Waals surface area (Å²) < 4.78 is 5.76. The number of hydrogen-bond acceptors (Lipinski definition) is 3. The second-order valence-electron chi connectivity index (χ2n) is 9.50. The third-order valence-corrected chi connectivity index (χ3v) is 5.05. The molecule has 0 aromatic heterocycles. The molecule has 2 N–H and O–H groups in total. The molecule has 0 aliphatic heterocycles. The number of ether oxygens (including phenoxy) is 1. The van der Waals surface area contributed by atoms with E-state index < -0.39 is 6.10 Å². The highest BCUT2D eigenvalue weighted by molar-refractivity contribution is 5.31. The van der Waals surface area contributed by atoms with Crippen molar-refractivity contribution in [3.8, 4) is 5.75 Å². The smallest absolute Gasteiger partial charge is 0.119 e. The summed E-state index contributed by atoms with van der Waals surface area (Å²) in [6.07, 6.45) is 5.76. The highest BCUT2D eigenvalue weighted by Gasteiger charge is 2.27. The van der Waals surface area contributed by atoms with E-state index in [9.17, 15) is 5.11 Å². The Kier molecular flexibility index (Phi) is 6.93. The minimum absolute atomic E-state index is 0.140. The molecule has 1 aliphatic carbocycles. The van der Waals surface area contributed by atoms with Crippen LogP contribution in [0.2, 0.25) is 0 Å². The Bertz CT molecular complexity index is 510. The molecule has 1 aromatic rings. The number of benzene rings is 1. The first-order chi connectivity index (χ1) is 11.7. The molecule has 1 fully saturated rings. The summed E-state index contributed by atoms with van der Waals surface area (Å²) in [4.78, 5) is 0. The van der Waals surface area contributed by atoms with Crippen molar-refractivity contribution in [3.05, 3.63) is 29.8 Å². The van der Waals surface area contributed by atoms with Gasteiger partial charge in [0.05, 0.1) is 0 Å². The van der Waals surface area contributed by atoms with E-state index in [1.807, 2.05) is 12.1 Å². The van der Waals surface area contributed by atoms with Crippen LogP contribution in [0.5, 0.6) is 5.75 Å². The molecule has 142 valence electrons. The van der Waals surface area contributed by atoms with E-state index >= 15 is 0 Å². The van der Waals surface area contributed by atoms with Gasteiger partial charge in [-0.15, -0.1) is 0 Å². The number of hydrogen-bond donors (Lipinski definition) is 2. The topological polar surface area (TPSA) is 41.5 Å². The Morgan fingerprint density at radius 2 is 1.68 bits per heavy atom. The maximum atomic E-state index is 10.1. The molecule has 0 heterocycles. The van der Waals surface area contributed by atoms with Crippen molar-refractivity contribution in [2.75, 3.05) is 13.2 Å². The molecular weight excluding hydrogens is 310 g/mol. The molecule has 1 aliphatic rings. The Hall–Kier alpha value is -1.06. The minimum Gasteiger partial charge on any atom is -0.491 e. The van der Waals surface area contributed by atoms with E-state index in [2.05, 4.69) is 52.1 Å². The number of nitrogens with one attached hydrogen (secondary N) is 1. The van der Waals surface area contributed by atoms with Crippen molar-refractivity contribution in [1.29, 1.82) is 0 Å². The van der Waals surface area contributed by atoms with Crippen LogP contribution in [-0.4, -0.2) is 30.4 Å². The molecule has 0 saturated heterocycles. The van der Waals surface area contributed by atoms with Gasteiger partial charge in [-0.05, 0) is 47.8 Å². The lowest BCUT2D eigenvalue weighted by Gasteiger charge is -2.33. The van der Waals surface area contributed by atoms with Gasteiger partial charge in [0.2, 0.25) is 0 Å². The average molecular weight is 348 g/mol. The average Bonchev–Trinajstić information content (AvgIpc) is 3.02. The monoisotopic (exact) mass is 347 g/mol. The first kappa shape index (κ1) is 20.3. The van der Waals surface area contributed by atoms with Gasteiger partial charge in [0, 0.05) is 12.6 Å². The molecule has 1 aromatic carbocycles. The van der Waals surface area contributed by atoms with Gasteiger partial charge >= 0.3 is 0 Å². The van der Waals surface area contributed by atoms with Gasteiger partial charge in [0.25, 0.3) is 0 Å². The summed E-state index contributed by atoms with van der Waals surface area (Å²) in [5, 5.41) is 13.5. The Morgan fingerprint density at radius 3 is 2.24 bits per heavy atom. The van der Waals surface area contributed by atoms with Crippen molar-refractivity contribution < 1.29 is 9.84 Å². The summed E-state index contributed by atoms with van der Waals surface area (Å²) in [5.74, 6) is 0.829. The maximum absolute atomic E-state index is 10.1. The second-order valence-corrected chi connectivity index (χ2v) is 9.50. The van der Waals surface area contributed by atoms with Gasteiger partial charge in [0.15, 0.2) is 0 Å². The van der Waals surface area contributed by atoms with E-state index in [4.69, 9.17) is 4.74 Å². The van der Waals surface area contributed by atoms with E-state index in [-0.39, 0.29) is 5.41 Å².